The molecule has 2 aromatic rings. The molecule has 5 heteroatoms. The van der Waals surface area contributed by atoms with Crippen molar-refractivity contribution in [2.45, 2.75) is 39.8 Å². The molecule has 5 nitrogen and oxygen atoms in total. The van der Waals surface area contributed by atoms with Crippen molar-refractivity contribution in [2.75, 3.05) is 32.8 Å². The summed E-state index contributed by atoms with van der Waals surface area (Å²) in [6.45, 7) is 12.2. The predicted octanol–water partition coefficient (Wildman–Crippen LogP) is 2.99. The molecule has 0 aliphatic carbocycles. The highest BCUT2D eigenvalue weighted by atomic mass is 16.3. The molecule has 1 fully saturated rings. The van der Waals surface area contributed by atoms with E-state index in [9.17, 15) is 5.11 Å². The molecule has 0 amide bonds. The fourth-order valence-electron chi connectivity index (χ4n) is 3.87. The molecule has 0 spiro atoms. The zero-order chi connectivity index (χ0) is 18.6. The summed E-state index contributed by atoms with van der Waals surface area (Å²) in [6.07, 6.45) is 2.79. The van der Waals surface area contributed by atoms with Gasteiger partial charge in [-0.05, 0) is 17.4 Å². The van der Waals surface area contributed by atoms with Gasteiger partial charge >= 0.3 is 0 Å². The monoisotopic (exact) mass is 356 g/mol. The molecule has 0 bridgehead atoms. The van der Waals surface area contributed by atoms with Crippen molar-refractivity contribution in [2.24, 2.45) is 5.41 Å². The fourth-order valence-corrected chi connectivity index (χ4v) is 3.87. The summed E-state index contributed by atoms with van der Waals surface area (Å²) in [6, 6.07) is 10.8. The Morgan fingerprint density at radius 3 is 2.65 bits per heavy atom. The summed E-state index contributed by atoms with van der Waals surface area (Å²) >= 11 is 0. The minimum atomic E-state index is 0.250. The summed E-state index contributed by atoms with van der Waals surface area (Å²) in [7, 11) is 0. The van der Waals surface area contributed by atoms with Gasteiger partial charge in [0.1, 0.15) is 0 Å². The Labute approximate surface area is 157 Å². The SMILES string of the molecule is CC(C)(C)CN1CCN(Cc2cn[nH]c2-c2ccccc2)CC1CCO. The lowest BCUT2D eigenvalue weighted by Gasteiger charge is -2.44. The maximum atomic E-state index is 9.51. The summed E-state index contributed by atoms with van der Waals surface area (Å²) in [4.78, 5) is 5.05. The Kier molecular flexibility index (Phi) is 6.12. The molecule has 1 aromatic heterocycles. The minimum Gasteiger partial charge on any atom is -0.396 e. The first kappa shape index (κ1) is 19.1. The number of piperazine rings is 1. The number of H-pyrrole nitrogens is 1. The lowest BCUT2D eigenvalue weighted by atomic mass is 9.94. The number of nitrogens with one attached hydrogen (secondary N) is 1. The van der Waals surface area contributed by atoms with Gasteiger partial charge in [0.15, 0.2) is 0 Å². The van der Waals surface area contributed by atoms with Crippen molar-refractivity contribution in [3.05, 3.63) is 42.1 Å². The van der Waals surface area contributed by atoms with E-state index in [0.29, 0.717) is 6.04 Å². The number of hydrogen-bond donors (Lipinski definition) is 2. The summed E-state index contributed by atoms with van der Waals surface area (Å²) in [5, 5.41) is 17.0. The average molecular weight is 357 g/mol. The van der Waals surface area contributed by atoms with Gasteiger partial charge in [-0.15, -0.1) is 0 Å². The standard InChI is InChI=1S/C21H32N4O/c1-21(2,3)16-25-11-10-24(15-19(25)9-12-26)14-18-13-22-23-20(18)17-7-5-4-6-8-17/h4-8,13,19,26H,9-12,14-16H2,1-3H3,(H,22,23). The Balaban J connectivity index is 1.68. The zero-order valence-electron chi connectivity index (χ0n) is 16.3. The molecule has 142 valence electrons. The number of aromatic amines is 1. The van der Waals surface area contributed by atoms with E-state index in [4.69, 9.17) is 0 Å². The zero-order valence-corrected chi connectivity index (χ0v) is 16.3. The van der Waals surface area contributed by atoms with Crippen LogP contribution in [0.5, 0.6) is 0 Å². The van der Waals surface area contributed by atoms with E-state index >= 15 is 0 Å². The molecular weight excluding hydrogens is 324 g/mol. The fraction of sp³-hybridized carbons (Fsp3) is 0.571. The van der Waals surface area contributed by atoms with Gasteiger partial charge < -0.3 is 5.11 Å². The van der Waals surface area contributed by atoms with E-state index in [1.807, 2.05) is 12.3 Å². The van der Waals surface area contributed by atoms with E-state index in [1.54, 1.807) is 0 Å². The molecular formula is C21H32N4O. The maximum Gasteiger partial charge on any atom is 0.0695 e. The van der Waals surface area contributed by atoms with Crippen LogP contribution >= 0.6 is 0 Å². The van der Waals surface area contributed by atoms with Crippen molar-refractivity contribution in [3.63, 3.8) is 0 Å². The van der Waals surface area contributed by atoms with Gasteiger partial charge in [0.25, 0.3) is 0 Å². The van der Waals surface area contributed by atoms with Crippen molar-refractivity contribution >= 4 is 0 Å². The molecule has 1 aliphatic rings. The second kappa shape index (κ2) is 8.33. The molecule has 1 atom stereocenters. The largest absolute Gasteiger partial charge is 0.396 e. The average Bonchev–Trinajstić information content (AvgIpc) is 3.05. The number of benzene rings is 1. The molecule has 2 heterocycles. The number of nitrogens with zero attached hydrogens (tertiary/aromatic N) is 3. The van der Waals surface area contributed by atoms with Crippen molar-refractivity contribution in [3.8, 4) is 11.3 Å². The second-order valence-corrected chi connectivity index (χ2v) is 8.57. The van der Waals surface area contributed by atoms with Gasteiger partial charge in [-0.2, -0.15) is 5.10 Å². The van der Waals surface area contributed by atoms with Crippen LogP contribution in [0.25, 0.3) is 11.3 Å². The van der Waals surface area contributed by atoms with Gasteiger partial charge in [0.05, 0.1) is 11.9 Å². The van der Waals surface area contributed by atoms with Gasteiger partial charge in [0, 0.05) is 50.9 Å². The number of hydrogen-bond acceptors (Lipinski definition) is 4. The van der Waals surface area contributed by atoms with Crippen LogP contribution in [0.4, 0.5) is 0 Å². The van der Waals surface area contributed by atoms with Gasteiger partial charge in [-0.3, -0.25) is 14.9 Å². The second-order valence-electron chi connectivity index (χ2n) is 8.57. The molecule has 1 aliphatic heterocycles. The first-order valence-electron chi connectivity index (χ1n) is 9.61. The maximum absolute atomic E-state index is 9.51. The van der Waals surface area contributed by atoms with E-state index in [1.165, 1.54) is 11.1 Å². The molecule has 1 saturated heterocycles. The molecule has 2 N–H and O–H groups in total. The van der Waals surface area contributed by atoms with Crippen LogP contribution in [0.3, 0.4) is 0 Å². The molecule has 26 heavy (non-hydrogen) atoms. The van der Waals surface area contributed by atoms with Crippen LogP contribution in [0.2, 0.25) is 0 Å². The van der Waals surface area contributed by atoms with Crippen LogP contribution in [0, 0.1) is 5.41 Å². The highest BCUT2D eigenvalue weighted by Gasteiger charge is 2.29. The highest BCUT2D eigenvalue weighted by molar-refractivity contribution is 5.62. The minimum absolute atomic E-state index is 0.250. The molecule has 0 radical (unpaired) electrons. The predicted molar refractivity (Wildman–Crippen MR) is 106 cm³/mol. The summed E-state index contributed by atoms with van der Waals surface area (Å²) < 4.78 is 0. The quantitative estimate of drug-likeness (QED) is 0.835. The van der Waals surface area contributed by atoms with Crippen LogP contribution in [-0.2, 0) is 6.54 Å². The number of rotatable bonds is 6. The topological polar surface area (TPSA) is 55.4 Å². The van der Waals surface area contributed by atoms with Gasteiger partial charge in [0.2, 0.25) is 0 Å². The van der Waals surface area contributed by atoms with E-state index in [0.717, 1.165) is 44.8 Å². The third kappa shape index (κ3) is 4.93. The third-order valence-corrected chi connectivity index (χ3v) is 5.00. The lowest BCUT2D eigenvalue weighted by Crippen LogP contribution is -2.54. The number of aromatic nitrogens is 2. The first-order valence-corrected chi connectivity index (χ1v) is 9.61. The van der Waals surface area contributed by atoms with E-state index < -0.39 is 0 Å². The first-order chi connectivity index (χ1) is 12.5. The molecule has 1 unspecified atom stereocenters. The summed E-state index contributed by atoms with van der Waals surface area (Å²) in [5.74, 6) is 0. The summed E-state index contributed by atoms with van der Waals surface area (Å²) in [5.41, 5.74) is 3.81. The van der Waals surface area contributed by atoms with Crippen molar-refractivity contribution < 1.29 is 5.11 Å². The Bertz CT molecular complexity index is 677. The molecule has 0 saturated carbocycles. The van der Waals surface area contributed by atoms with Crippen LogP contribution < -0.4 is 0 Å². The van der Waals surface area contributed by atoms with Gasteiger partial charge in [-0.25, -0.2) is 0 Å². The Morgan fingerprint density at radius 2 is 1.96 bits per heavy atom. The van der Waals surface area contributed by atoms with Crippen molar-refractivity contribution in [1.82, 2.24) is 20.0 Å². The highest BCUT2D eigenvalue weighted by Crippen LogP contribution is 2.25. The van der Waals surface area contributed by atoms with Crippen LogP contribution in [0.15, 0.2) is 36.5 Å². The molecule has 3 rings (SSSR count). The lowest BCUT2D eigenvalue weighted by molar-refractivity contribution is 0.0340. The Morgan fingerprint density at radius 1 is 1.19 bits per heavy atom. The van der Waals surface area contributed by atoms with E-state index in [-0.39, 0.29) is 12.0 Å². The van der Waals surface area contributed by atoms with Crippen molar-refractivity contribution in [1.29, 1.82) is 0 Å². The Hall–Kier alpha value is -1.69. The van der Waals surface area contributed by atoms with Gasteiger partial charge in [-0.1, -0.05) is 51.1 Å². The molecule has 1 aromatic carbocycles. The van der Waals surface area contributed by atoms with E-state index in [2.05, 4.69) is 65.0 Å². The number of aliphatic hydroxyl groups is 1. The smallest absolute Gasteiger partial charge is 0.0695 e. The van der Waals surface area contributed by atoms with Crippen LogP contribution in [-0.4, -0.2) is 63.9 Å². The normalized spacial score (nSPS) is 19.8. The van der Waals surface area contributed by atoms with Crippen LogP contribution in [0.1, 0.15) is 32.8 Å². The third-order valence-electron chi connectivity index (χ3n) is 5.00. The number of aliphatic hydroxyl groups excluding tert-OH is 1.